The highest BCUT2D eigenvalue weighted by molar-refractivity contribution is 5.67. The SMILES string of the molecule is C[C@@H](NC(=O)OCc1ccccc1)[C@H]1CO1. The number of ether oxygens (including phenoxy) is 2. The molecule has 2 atom stereocenters. The van der Waals surface area contributed by atoms with E-state index in [2.05, 4.69) is 5.32 Å². The number of amides is 1. The molecule has 4 heteroatoms. The fourth-order valence-corrected chi connectivity index (χ4v) is 1.39. The molecule has 2 rings (SSSR count). The predicted molar refractivity (Wildman–Crippen MR) is 59.0 cm³/mol. The molecular formula is C12H15NO3. The summed E-state index contributed by atoms with van der Waals surface area (Å²) >= 11 is 0. The molecule has 4 nitrogen and oxygen atoms in total. The highest BCUT2D eigenvalue weighted by atomic mass is 16.6. The van der Waals surface area contributed by atoms with Gasteiger partial charge in [0.2, 0.25) is 0 Å². The Morgan fingerprint density at radius 1 is 1.56 bits per heavy atom. The smallest absolute Gasteiger partial charge is 0.407 e. The minimum Gasteiger partial charge on any atom is -0.445 e. The van der Waals surface area contributed by atoms with Crippen molar-refractivity contribution in [3.05, 3.63) is 35.9 Å². The van der Waals surface area contributed by atoms with Gasteiger partial charge in [-0.25, -0.2) is 4.79 Å². The van der Waals surface area contributed by atoms with Crippen LogP contribution in [0.5, 0.6) is 0 Å². The second-order valence-electron chi connectivity index (χ2n) is 3.87. The molecule has 16 heavy (non-hydrogen) atoms. The molecule has 0 unspecified atom stereocenters. The molecular weight excluding hydrogens is 206 g/mol. The summed E-state index contributed by atoms with van der Waals surface area (Å²) < 4.78 is 10.1. The highest BCUT2D eigenvalue weighted by Gasteiger charge is 2.30. The fourth-order valence-electron chi connectivity index (χ4n) is 1.39. The number of carbonyl (C=O) groups is 1. The zero-order valence-corrected chi connectivity index (χ0v) is 9.18. The Kier molecular flexibility index (Phi) is 3.41. The van der Waals surface area contributed by atoms with Gasteiger partial charge in [-0.15, -0.1) is 0 Å². The molecule has 86 valence electrons. The van der Waals surface area contributed by atoms with Crippen molar-refractivity contribution in [1.29, 1.82) is 0 Å². The second-order valence-corrected chi connectivity index (χ2v) is 3.87. The average Bonchev–Trinajstić information content (AvgIpc) is 3.11. The number of hydrogen-bond donors (Lipinski definition) is 1. The van der Waals surface area contributed by atoms with Crippen LogP contribution in [0, 0.1) is 0 Å². The number of hydrogen-bond acceptors (Lipinski definition) is 3. The first kappa shape index (κ1) is 11.0. The van der Waals surface area contributed by atoms with Crippen LogP contribution < -0.4 is 5.32 Å². The van der Waals surface area contributed by atoms with Gasteiger partial charge in [-0.1, -0.05) is 30.3 Å². The van der Waals surface area contributed by atoms with E-state index < -0.39 is 6.09 Å². The van der Waals surface area contributed by atoms with Gasteiger partial charge in [-0.3, -0.25) is 0 Å². The van der Waals surface area contributed by atoms with Crippen molar-refractivity contribution in [2.24, 2.45) is 0 Å². The Morgan fingerprint density at radius 2 is 2.25 bits per heavy atom. The van der Waals surface area contributed by atoms with Crippen LogP contribution >= 0.6 is 0 Å². The van der Waals surface area contributed by atoms with Gasteiger partial charge in [0.1, 0.15) is 12.7 Å². The Bertz CT molecular complexity index is 349. The standard InChI is InChI=1S/C12H15NO3/c1-9(11-8-15-11)13-12(14)16-7-10-5-3-2-4-6-10/h2-6,9,11H,7-8H2,1H3,(H,13,14)/t9-,11-/m1/s1. The van der Waals surface area contributed by atoms with Crippen molar-refractivity contribution >= 4 is 6.09 Å². The molecule has 0 saturated carbocycles. The number of nitrogens with one attached hydrogen (secondary N) is 1. The van der Waals surface area contributed by atoms with Gasteiger partial charge in [0.15, 0.2) is 0 Å². The van der Waals surface area contributed by atoms with Crippen molar-refractivity contribution < 1.29 is 14.3 Å². The third-order valence-corrected chi connectivity index (χ3v) is 2.48. The Labute approximate surface area is 94.6 Å². The van der Waals surface area contributed by atoms with Crippen molar-refractivity contribution in [2.45, 2.75) is 25.7 Å². The Hall–Kier alpha value is -1.55. The number of carbonyl (C=O) groups excluding carboxylic acids is 1. The third-order valence-electron chi connectivity index (χ3n) is 2.48. The van der Waals surface area contributed by atoms with Crippen molar-refractivity contribution in [3.63, 3.8) is 0 Å². The zero-order valence-electron chi connectivity index (χ0n) is 9.18. The van der Waals surface area contributed by atoms with Gasteiger partial charge in [0, 0.05) is 0 Å². The van der Waals surface area contributed by atoms with Crippen molar-refractivity contribution in [2.75, 3.05) is 6.61 Å². The maximum absolute atomic E-state index is 11.4. The van der Waals surface area contributed by atoms with E-state index >= 15 is 0 Å². The van der Waals surface area contributed by atoms with Crippen LogP contribution in [0.3, 0.4) is 0 Å². The van der Waals surface area contributed by atoms with E-state index in [-0.39, 0.29) is 12.1 Å². The fraction of sp³-hybridized carbons (Fsp3) is 0.417. The first-order chi connectivity index (χ1) is 7.75. The van der Waals surface area contributed by atoms with Gasteiger partial charge in [-0.2, -0.15) is 0 Å². The summed E-state index contributed by atoms with van der Waals surface area (Å²) in [6.07, 6.45) is -0.240. The van der Waals surface area contributed by atoms with Gasteiger partial charge in [-0.05, 0) is 12.5 Å². The quantitative estimate of drug-likeness (QED) is 0.787. The molecule has 1 aromatic carbocycles. The monoisotopic (exact) mass is 221 g/mol. The molecule has 0 radical (unpaired) electrons. The van der Waals surface area contributed by atoms with Gasteiger partial charge >= 0.3 is 6.09 Å². The third kappa shape index (κ3) is 3.24. The van der Waals surface area contributed by atoms with Crippen LogP contribution in [0.1, 0.15) is 12.5 Å². The van der Waals surface area contributed by atoms with E-state index in [4.69, 9.17) is 9.47 Å². The maximum atomic E-state index is 11.4. The summed E-state index contributed by atoms with van der Waals surface area (Å²) in [6.45, 7) is 2.92. The molecule has 0 bridgehead atoms. The summed E-state index contributed by atoms with van der Waals surface area (Å²) in [6, 6.07) is 9.61. The Morgan fingerprint density at radius 3 is 2.88 bits per heavy atom. The molecule has 1 saturated heterocycles. The van der Waals surface area contributed by atoms with E-state index in [1.54, 1.807) is 0 Å². The van der Waals surface area contributed by atoms with E-state index in [9.17, 15) is 4.79 Å². The van der Waals surface area contributed by atoms with Crippen LogP contribution in [0.2, 0.25) is 0 Å². The molecule has 1 aromatic rings. The molecule has 1 fully saturated rings. The van der Waals surface area contributed by atoms with Gasteiger partial charge in [0.25, 0.3) is 0 Å². The van der Waals surface area contributed by atoms with Crippen LogP contribution in [0.15, 0.2) is 30.3 Å². The second kappa shape index (κ2) is 4.99. The van der Waals surface area contributed by atoms with Gasteiger partial charge < -0.3 is 14.8 Å². The summed E-state index contributed by atoms with van der Waals surface area (Å²) in [5.41, 5.74) is 0.980. The van der Waals surface area contributed by atoms with Gasteiger partial charge in [0.05, 0.1) is 12.6 Å². The van der Waals surface area contributed by atoms with Crippen LogP contribution in [0.4, 0.5) is 4.79 Å². The summed E-state index contributed by atoms with van der Waals surface area (Å²) in [7, 11) is 0. The van der Waals surface area contributed by atoms with E-state index in [1.165, 1.54) is 0 Å². The number of epoxide rings is 1. The van der Waals surface area contributed by atoms with Crippen LogP contribution in [-0.2, 0) is 16.1 Å². The first-order valence-electron chi connectivity index (χ1n) is 5.34. The number of rotatable bonds is 4. The van der Waals surface area contributed by atoms with Crippen LogP contribution in [-0.4, -0.2) is 24.8 Å². The Balaban J connectivity index is 1.71. The lowest BCUT2D eigenvalue weighted by atomic mass is 10.2. The largest absolute Gasteiger partial charge is 0.445 e. The molecule has 0 aliphatic carbocycles. The minimum absolute atomic E-state index is 0.0169. The topological polar surface area (TPSA) is 50.9 Å². The lowest BCUT2D eigenvalue weighted by Crippen LogP contribution is -2.36. The zero-order chi connectivity index (χ0) is 11.4. The first-order valence-corrected chi connectivity index (χ1v) is 5.34. The highest BCUT2D eigenvalue weighted by Crippen LogP contribution is 2.13. The molecule has 0 aromatic heterocycles. The minimum atomic E-state index is -0.396. The number of alkyl carbamates (subject to hydrolysis) is 1. The van der Waals surface area contributed by atoms with E-state index in [0.29, 0.717) is 6.61 Å². The van der Waals surface area contributed by atoms with E-state index in [1.807, 2.05) is 37.3 Å². The van der Waals surface area contributed by atoms with Crippen molar-refractivity contribution in [3.8, 4) is 0 Å². The predicted octanol–water partition coefficient (Wildman–Crippen LogP) is 1.70. The average molecular weight is 221 g/mol. The lowest BCUT2D eigenvalue weighted by Gasteiger charge is -2.11. The van der Waals surface area contributed by atoms with Crippen LogP contribution in [0.25, 0.3) is 0 Å². The summed E-state index contributed by atoms with van der Waals surface area (Å²) in [5.74, 6) is 0. The molecule has 1 heterocycles. The maximum Gasteiger partial charge on any atom is 0.407 e. The molecule has 1 aliphatic heterocycles. The molecule has 1 amide bonds. The number of benzene rings is 1. The van der Waals surface area contributed by atoms with Crippen molar-refractivity contribution in [1.82, 2.24) is 5.32 Å². The summed E-state index contributed by atoms with van der Waals surface area (Å²) in [4.78, 5) is 11.4. The lowest BCUT2D eigenvalue weighted by molar-refractivity contribution is 0.134. The molecule has 0 spiro atoms. The summed E-state index contributed by atoms with van der Waals surface area (Å²) in [5, 5.41) is 2.73. The normalized spacial score (nSPS) is 19.9. The molecule has 1 N–H and O–H groups in total. The van der Waals surface area contributed by atoms with E-state index in [0.717, 1.165) is 12.2 Å². The molecule has 1 aliphatic rings.